The molecule has 0 amide bonds. The molecule has 0 heterocycles. The molecule has 0 saturated heterocycles. The monoisotopic (exact) mass is 256 g/mol. The van der Waals surface area contributed by atoms with E-state index in [0.29, 0.717) is 12.2 Å². The molecule has 0 unspecified atom stereocenters. The van der Waals surface area contributed by atoms with Gasteiger partial charge in [0.05, 0.1) is 4.92 Å². The fourth-order valence-corrected chi connectivity index (χ4v) is 1.89. The highest BCUT2D eigenvalue weighted by atomic mass is 16.6. The Morgan fingerprint density at radius 1 is 1.11 bits per heavy atom. The summed E-state index contributed by atoms with van der Waals surface area (Å²) < 4.78 is 0. The minimum atomic E-state index is -0.372. The van der Waals surface area contributed by atoms with E-state index in [-0.39, 0.29) is 10.6 Å². The van der Waals surface area contributed by atoms with E-state index in [1.54, 1.807) is 18.2 Å². The average molecular weight is 256 g/mol. The van der Waals surface area contributed by atoms with Crippen LogP contribution in [0, 0.1) is 24.0 Å². The Morgan fingerprint density at radius 2 is 1.84 bits per heavy atom. The number of nitro benzene ring substituents is 1. The highest BCUT2D eigenvalue weighted by Gasteiger charge is 2.11. The smallest absolute Gasteiger partial charge is 0.292 e. The summed E-state index contributed by atoms with van der Waals surface area (Å²) in [6.07, 6.45) is 0. The van der Waals surface area contributed by atoms with Crippen molar-refractivity contribution in [2.24, 2.45) is 0 Å². The van der Waals surface area contributed by atoms with Crippen molar-refractivity contribution in [1.29, 1.82) is 0 Å². The van der Waals surface area contributed by atoms with Crippen LogP contribution < -0.4 is 5.32 Å². The average Bonchev–Trinajstić information content (AvgIpc) is 2.40. The normalized spacial score (nSPS) is 10.2. The molecule has 0 aliphatic heterocycles. The number of para-hydroxylation sites is 2. The molecule has 4 nitrogen and oxygen atoms in total. The Kier molecular flexibility index (Phi) is 3.80. The van der Waals surface area contributed by atoms with Gasteiger partial charge in [-0.3, -0.25) is 10.1 Å². The molecule has 0 saturated carbocycles. The van der Waals surface area contributed by atoms with Gasteiger partial charge in [0.1, 0.15) is 5.69 Å². The Labute approximate surface area is 112 Å². The second kappa shape index (κ2) is 5.52. The Hall–Kier alpha value is -2.36. The topological polar surface area (TPSA) is 55.2 Å². The first-order chi connectivity index (χ1) is 9.08. The zero-order valence-corrected chi connectivity index (χ0v) is 11.0. The number of hydrogen-bond donors (Lipinski definition) is 1. The van der Waals surface area contributed by atoms with Crippen LogP contribution in [0.1, 0.15) is 16.7 Å². The van der Waals surface area contributed by atoms with E-state index in [9.17, 15) is 10.1 Å². The third-order valence-corrected chi connectivity index (χ3v) is 3.16. The molecule has 98 valence electrons. The lowest BCUT2D eigenvalue weighted by Crippen LogP contribution is -2.02. The lowest BCUT2D eigenvalue weighted by atomic mass is 10.1. The van der Waals surface area contributed by atoms with Crippen molar-refractivity contribution in [2.45, 2.75) is 20.4 Å². The van der Waals surface area contributed by atoms with Gasteiger partial charge in [0.25, 0.3) is 5.69 Å². The van der Waals surface area contributed by atoms with Gasteiger partial charge >= 0.3 is 0 Å². The van der Waals surface area contributed by atoms with Gasteiger partial charge in [0.2, 0.25) is 0 Å². The second-order valence-electron chi connectivity index (χ2n) is 4.55. The zero-order chi connectivity index (χ0) is 13.8. The molecular weight excluding hydrogens is 240 g/mol. The maximum absolute atomic E-state index is 10.9. The third-order valence-electron chi connectivity index (χ3n) is 3.16. The van der Waals surface area contributed by atoms with Crippen molar-refractivity contribution in [2.75, 3.05) is 5.32 Å². The van der Waals surface area contributed by atoms with Crippen LogP contribution in [0.2, 0.25) is 0 Å². The number of hydrogen-bond acceptors (Lipinski definition) is 3. The summed E-state index contributed by atoms with van der Waals surface area (Å²) in [5, 5.41) is 14.0. The van der Waals surface area contributed by atoms with Crippen LogP contribution in [0.3, 0.4) is 0 Å². The summed E-state index contributed by atoms with van der Waals surface area (Å²) in [4.78, 5) is 10.5. The van der Waals surface area contributed by atoms with E-state index >= 15 is 0 Å². The quantitative estimate of drug-likeness (QED) is 0.668. The molecule has 0 bridgehead atoms. The van der Waals surface area contributed by atoms with Crippen LogP contribution in [0.15, 0.2) is 42.5 Å². The molecule has 0 fully saturated rings. The molecule has 2 aromatic carbocycles. The minimum absolute atomic E-state index is 0.103. The maximum atomic E-state index is 10.9. The highest BCUT2D eigenvalue weighted by molar-refractivity contribution is 5.61. The highest BCUT2D eigenvalue weighted by Crippen LogP contribution is 2.23. The summed E-state index contributed by atoms with van der Waals surface area (Å²) in [6, 6.07) is 12.9. The third kappa shape index (κ3) is 3.10. The predicted molar refractivity (Wildman–Crippen MR) is 76.3 cm³/mol. The van der Waals surface area contributed by atoms with Crippen molar-refractivity contribution in [1.82, 2.24) is 0 Å². The van der Waals surface area contributed by atoms with Crippen LogP contribution in [-0.2, 0) is 6.54 Å². The Bertz CT molecular complexity index is 609. The second-order valence-corrected chi connectivity index (χ2v) is 4.55. The fraction of sp³-hybridized carbons (Fsp3) is 0.200. The van der Waals surface area contributed by atoms with Crippen LogP contribution in [0.5, 0.6) is 0 Å². The van der Waals surface area contributed by atoms with Gasteiger partial charge in [-0.2, -0.15) is 0 Å². The number of nitro groups is 1. The van der Waals surface area contributed by atoms with E-state index in [1.165, 1.54) is 17.2 Å². The number of rotatable bonds is 4. The van der Waals surface area contributed by atoms with Crippen molar-refractivity contribution in [3.05, 3.63) is 69.3 Å². The summed E-state index contributed by atoms with van der Waals surface area (Å²) in [7, 11) is 0. The number of nitrogens with zero attached hydrogens (tertiary/aromatic N) is 1. The predicted octanol–water partition coefficient (Wildman–Crippen LogP) is 3.82. The van der Waals surface area contributed by atoms with Crippen molar-refractivity contribution in [3.63, 3.8) is 0 Å². The van der Waals surface area contributed by atoms with Crippen LogP contribution in [0.4, 0.5) is 11.4 Å². The molecule has 2 aromatic rings. The van der Waals surface area contributed by atoms with Crippen molar-refractivity contribution >= 4 is 11.4 Å². The maximum Gasteiger partial charge on any atom is 0.292 e. The lowest BCUT2D eigenvalue weighted by Gasteiger charge is -2.08. The lowest BCUT2D eigenvalue weighted by molar-refractivity contribution is -0.384. The van der Waals surface area contributed by atoms with E-state index in [1.807, 2.05) is 6.07 Å². The van der Waals surface area contributed by atoms with E-state index in [2.05, 4.69) is 31.3 Å². The number of aryl methyl sites for hydroxylation is 2. The summed E-state index contributed by atoms with van der Waals surface area (Å²) >= 11 is 0. The first-order valence-corrected chi connectivity index (χ1v) is 6.11. The van der Waals surface area contributed by atoms with Crippen LogP contribution >= 0.6 is 0 Å². The molecule has 0 radical (unpaired) electrons. The number of anilines is 1. The van der Waals surface area contributed by atoms with Gasteiger partial charge in [-0.25, -0.2) is 0 Å². The molecular formula is C15H16N2O2. The first kappa shape index (κ1) is 13.1. The molecule has 19 heavy (non-hydrogen) atoms. The molecule has 0 atom stereocenters. The molecule has 0 aromatic heterocycles. The minimum Gasteiger partial charge on any atom is -0.375 e. The summed E-state index contributed by atoms with van der Waals surface area (Å²) in [5.74, 6) is 0. The summed E-state index contributed by atoms with van der Waals surface area (Å²) in [5.41, 5.74) is 4.23. The molecule has 4 heteroatoms. The summed E-state index contributed by atoms with van der Waals surface area (Å²) in [6.45, 7) is 4.70. The van der Waals surface area contributed by atoms with Crippen molar-refractivity contribution in [3.8, 4) is 0 Å². The van der Waals surface area contributed by atoms with Gasteiger partial charge in [0, 0.05) is 12.6 Å². The van der Waals surface area contributed by atoms with Gasteiger partial charge < -0.3 is 5.32 Å². The molecule has 0 spiro atoms. The SMILES string of the molecule is Cc1ccc(CNc2ccccc2[N+](=O)[O-])cc1C. The first-order valence-electron chi connectivity index (χ1n) is 6.11. The van der Waals surface area contributed by atoms with Crippen LogP contribution in [0.25, 0.3) is 0 Å². The van der Waals surface area contributed by atoms with E-state index < -0.39 is 0 Å². The van der Waals surface area contributed by atoms with Gasteiger partial charge in [-0.15, -0.1) is 0 Å². The van der Waals surface area contributed by atoms with Gasteiger partial charge in [-0.05, 0) is 36.6 Å². The molecule has 0 aliphatic carbocycles. The largest absolute Gasteiger partial charge is 0.375 e. The Morgan fingerprint density at radius 3 is 2.53 bits per heavy atom. The van der Waals surface area contributed by atoms with E-state index in [0.717, 1.165) is 5.56 Å². The Balaban J connectivity index is 2.14. The number of benzene rings is 2. The van der Waals surface area contributed by atoms with Crippen LogP contribution in [-0.4, -0.2) is 4.92 Å². The zero-order valence-electron chi connectivity index (χ0n) is 11.0. The van der Waals surface area contributed by atoms with Gasteiger partial charge in [-0.1, -0.05) is 30.3 Å². The van der Waals surface area contributed by atoms with Crippen molar-refractivity contribution < 1.29 is 4.92 Å². The van der Waals surface area contributed by atoms with E-state index in [4.69, 9.17) is 0 Å². The molecule has 0 aliphatic rings. The standard InChI is InChI=1S/C15H16N2O2/c1-11-7-8-13(9-12(11)2)10-16-14-5-3-4-6-15(14)17(18)19/h3-9,16H,10H2,1-2H3. The number of nitrogens with one attached hydrogen (secondary N) is 1. The fourth-order valence-electron chi connectivity index (χ4n) is 1.89. The molecule has 1 N–H and O–H groups in total. The van der Waals surface area contributed by atoms with Gasteiger partial charge in [0.15, 0.2) is 0 Å². The molecule has 2 rings (SSSR count).